The SMILES string of the molecule is N#Cc1c(Cl)nnc(Cl)c1C#N. The summed E-state index contributed by atoms with van der Waals surface area (Å²) in [4.78, 5) is 0. The molecule has 0 N–H and O–H groups in total. The summed E-state index contributed by atoms with van der Waals surface area (Å²) < 4.78 is 0. The van der Waals surface area contributed by atoms with Crippen LogP contribution in [0.3, 0.4) is 0 Å². The van der Waals surface area contributed by atoms with Crippen molar-refractivity contribution < 1.29 is 0 Å². The Labute approximate surface area is 78.0 Å². The van der Waals surface area contributed by atoms with E-state index in [4.69, 9.17) is 33.7 Å². The Morgan fingerprint density at radius 3 is 1.50 bits per heavy atom. The average Bonchev–Trinajstić information content (AvgIpc) is 2.08. The molecule has 0 aliphatic heterocycles. The van der Waals surface area contributed by atoms with Gasteiger partial charge in [0, 0.05) is 0 Å². The monoisotopic (exact) mass is 198 g/mol. The lowest BCUT2D eigenvalue weighted by Gasteiger charge is -1.95. The van der Waals surface area contributed by atoms with E-state index in [-0.39, 0.29) is 21.4 Å². The molecule has 0 atom stereocenters. The second kappa shape index (κ2) is 3.36. The number of halogens is 2. The third kappa shape index (κ3) is 1.31. The normalized spacial score (nSPS) is 8.67. The molecule has 6 heteroatoms. The smallest absolute Gasteiger partial charge is 0.170 e. The highest BCUT2D eigenvalue weighted by molar-refractivity contribution is 6.33. The van der Waals surface area contributed by atoms with Crippen LogP contribution in [0.15, 0.2) is 0 Å². The van der Waals surface area contributed by atoms with E-state index in [1.54, 1.807) is 12.1 Å². The van der Waals surface area contributed by atoms with Crippen molar-refractivity contribution in [3.8, 4) is 12.1 Å². The lowest BCUT2D eigenvalue weighted by atomic mass is 10.2. The zero-order chi connectivity index (χ0) is 9.14. The topological polar surface area (TPSA) is 73.4 Å². The lowest BCUT2D eigenvalue weighted by molar-refractivity contribution is 1.02. The molecule has 0 fully saturated rings. The van der Waals surface area contributed by atoms with Gasteiger partial charge in [-0.2, -0.15) is 10.5 Å². The summed E-state index contributed by atoms with van der Waals surface area (Å²) in [6.07, 6.45) is 0. The lowest BCUT2D eigenvalue weighted by Crippen LogP contribution is -1.94. The van der Waals surface area contributed by atoms with Crippen molar-refractivity contribution in [2.75, 3.05) is 0 Å². The molecule has 0 aliphatic carbocycles. The number of hydrogen-bond donors (Lipinski definition) is 0. The first kappa shape index (κ1) is 8.73. The van der Waals surface area contributed by atoms with E-state index < -0.39 is 0 Å². The van der Waals surface area contributed by atoms with Crippen LogP contribution in [0.4, 0.5) is 0 Å². The van der Waals surface area contributed by atoms with Gasteiger partial charge in [0.15, 0.2) is 10.3 Å². The van der Waals surface area contributed by atoms with Crippen LogP contribution in [0.2, 0.25) is 10.3 Å². The van der Waals surface area contributed by atoms with Gasteiger partial charge in [-0.15, -0.1) is 10.2 Å². The van der Waals surface area contributed by atoms with Gasteiger partial charge < -0.3 is 0 Å². The van der Waals surface area contributed by atoms with Crippen LogP contribution in [-0.2, 0) is 0 Å². The molecular weight excluding hydrogens is 199 g/mol. The van der Waals surface area contributed by atoms with Crippen LogP contribution in [0.5, 0.6) is 0 Å². The molecule has 1 heterocycles. The molecule has 58 valence electrons. The first-order chi connectivity index (χ1) is 5.70. The van der Waals surface area contributed by atoms with Crippen molar-refractivity contribution >= 4 is 23.2 Å². The summed E-state index contributed by atoms with van der Waals surface area (Å²) in [6, 6.07) is 3.43. The molecule has 1 rings (SSSR count). The fourth-order valence-corrected chi connectivity index (χ4v) is 0.947. The number of aromatic nitrogens is 2. The second-order valence-electron chi connectivity index (χ2n) is 1.76. The maximum Gasteiger partial charge on any atom is 0.170 e. The Kier molecular flexibility index (Phi) is 2.44. The minimum atomic E-state index is -0.113. The van der Waals surface area contributed by atoms with Crippen LogP contribution in [0, 0.1) is 22.7 Å². The van der Waals surface area contributed by atoms with Gasteiger partial charge in [-0.25, -0.2) is 0 Å². The molecule has 0 aliphatic rings. The third-order valence-corrected chi connectivity index (χ3v) is 1.64. The van der Waals surface area contributed by atoms with Crippen molar-refractivity contribution in [1.82, 2.24) is 10.2 Å². The highest BCUT2D eigenvalue weighted by Crippen LogP contribution is 2.20. The van der Waals surface area contributed by atoms with Crippen molar-refractivity contribution in [3.05, 3.63) is 21.4 Å². The highest BCUT2D eigenvalue weighted by atomic mass is 35.5. The maximum atomic E-state index is 8.54. The molecule has 0 spiro atoms. The van der Waals surface area contributed by atoms with Gasteiger partial charge in [0.05, 0.1) is 0 Å². The van der Waals surface area contributed by atoms with E-state index in [1.165, 1.54) is 0 Å². The van der Waals surface area contributed by atoms with E-state index in [2.05, 4.69) is 10.2 Å². The number of nitriles is 2. The number of rotatable bonds is 0. The van der Waals surface area contributed by atoms with Crippen molar-refractivity contribution in [2.24, 2.45) is 0 Å². The zero-order valence-electron chi connectivity index (χ0n) is 5.54. The minimum absolute atomic E-state index is 0.0424. The molecule has 0 aromatic carbocycles. The Hall–Kier alpha value is -1.36. The Morgan fingerprint density at radius 2 is 1.25 bits per heavy atom. The number of nitrogens with zero attached hydrogens (tertiary/aromatic N) is 4. The van der Waals surface area contributed by atoms with Gasteiger partial charge in [-0.1, -0.05) is 23.2 Å². The Morgan fingerprint density at radius 1 is 0.917 bits per heavy atom. The maximum absolute atomic E-state index is 8.54. The molecule has 0 saturated heterocycles. The first-order valence-electron chi connectivity index (χ1n) is 2.72. The standard InChI is InChI=1S/C6Cl2N4/c7-5-3(1-9)4(2-10)6(8)12-11-5. The van der Waals surface area contributed by atoms with Gasteiger partial charge in [-0.05, 0) is 0 Å². The van der Waals surface area contributed by atoms with E-state index >= 15 is 0 Å². The van der Waals surface area contributed by atoms with Gasteiger partial charge >= 0.3 is 0 Å². The van der Waals surface area contributed by atoms with Crippen molar-refractivity contribution in [3.63, 3.8) is 0 Å². The van der Waals surface area contributed by atoms with Crippen LogP contribution in [0.25, 0.3) is 0 Å². The third-order valence-electron chi connectivity index (χ3n) is 1.11. The van der Waals surface area contributed by atoms with Crippen LogP contribution < -0.4 is 0 Å². The molecule has 0 unspecified atom stereocenters. The molecule has 0 saturated carbocycles. The number of hydrogen-bond acceptors (Lipinski definition) is 4. The fourth-order valence-electron chi connectivity index (χ4n) is 0.598. The van der Waals surface area contributed by atoms with Crippen molar-refractivity contribution in [1.29, 1.82) is 10.5 Å². The van der Waals surface area contributed by atoms with E-state index in [1.807, 2.05) is 0 Å². The molecule has 0 bridgehead atoms. The van der Waals surface area contributed by atoms with Gasteiger partial charge in [0.1, 0.15) is 23.3 Å². The molecular formula is C6Cl2N4. The summed E-state index contributed by atoms with van der Waals surface area (Å²) in [5, 5.41) is 23.6. The second-order valence-corrected chi connectivity index (χ2v) is 2.47. The van der Waals surface area contributed by atoms with E-state index in [0.29, 0.717) is 0 Å². The molecule has 4 nitrogen and oxygen atoms in total. The predicted octanol–water partition coefficient (Wildman–Crippen LogP) is 1.53. The highest BCUT2D eigenvalue weighted by Gasteiger charge is 2.12. The summed E-state index contributed by atoms with van der Waals surface area (Å²) in [7, 11) is 0. The Balaban J connectivity index is 3.55. The largest absolute Gasteiger partial charge is 0.192 e. The van der Waals surface area contributed by atoms with Crippen LogP contribution in [-0.4, -0.2) is 10.2 Å². The predicted molar refractivity (Wildman–Crippen MR) is 41.5 cm³/mol. The summed E-state index contributed by atoms with van der Waals surface area (Å²) in [5.74, 6) is 0. The summed E-state index contributed by atoms with van der Waals surface area (Å²) >= 11 is 10.9. The average molecular weight is 199 g/mol. The van der Waals surface area contributed by atoms with Crippen molar-refractivity contribution in [2.45, 2.75) is 0 Å². The van der Waals surface area contributed by atoms with E-state index in [9.17, 15) is 0 Å². The quantitative estimate of drug-likeness (QED) is 0.634. The molecule has 0 radical (unpaired) electrons. The minimum Gasteiger partial charge on any atom is -0.192 e. The molecule has 12 heavy (non-hydrogen) atoms. The summed E-state index contributed by atoms with van der Waals surface area (Å²) in [6.45, 7) is 0. The molecule has 0 amide bonds. The first-order valence-corrected chi connectivity index (χ1v) is 3.48. The molecule has 1 aromatic rings. The fraction of sp³-hybridized carbons (Fsp3) is 0. The molecule has 1 aromatic heterocycles. The zero-order valence-corrected chi connectivity index (χ0v) is 7.06. The van der Waals surface area contributed by atoms with Gasteiger partial charge in [0.25, 0.3) is 0 Å². The van der Waals surface area contributed by atoms with Crippen LogP contribution in [0.1, 0.15) is 11.1 Å². The van der Waals surface area contributed by atoms with Crippen LogP contribution >= 0.6 is 23.2 Å². The summed E-state index contributed by atoms with van der Waals surface area (Å²) in [5.41, 5.74) is -0.0849. The van der Waals surface area contributed by atoms with Gasteiger partial charge in [0.2, 0.25) is 0 Å². The van der Waals surface area contributed by atoms with E-state index in [0.717, 1.165) is 0 Å². The van der Waals surface area contributed by atoms with Gasteiger partial charge in [-0.3, -0.25) is 0 Å². The Bertz CT molecular complexity index is 362.